The first-order valence-electron chi connectivity index (χ1n) is 4.66. The summed E-state index contributed by atoms with van der Waals surface area (Å²) in [7, 11) is 1.00. The molecule has 140 valence electrons. The van der Waals surface area contributed by atoms with Crippen molar-refractivity contribution in [3.63, 3.8) is 0 Å². The van der Waals surface area contributed by atoms with Crippen molar-refractivity contribution in [1.29, 1.82) is 0 Å². The molecule has 0 amide bonds. The smallest absolute Gasteiger partial charge is 0.168 e. The number of aliphatic hydroxyl groups excluding tert-OH is 1. The highest BCUT2D eigenvalue weighted by molar-refractivity contribution is 6.30. The summed E-state index contributed by atoms with van der Waals surface area (Å²) in [6.45, 7) is 5.72. The van der Waals surface area contributed by atoms with E-state index in [1.54, 1.807) is 24.3 Å². The third-order valence-electron chi connectivity index (χ3n) is 1.79. The molecule has 10 heteroatoms. The summed E-state index contributed by atoms with van der Waals surface area (Å²) in [5.74, 6) is 0.143. The number of carbonyl (C=O) groups excluding carboxylic acids is 1. The summed E-state index contributed by atoms with van der Waals surface area (Å²) in [5.41, 5.74) is 0.394. The van der Waals surface area contributed by atoms with Crippen LogP contribution in [0.5, 0.6) is 0 Å². The lowest BCUT2D eigenvalue weighted by molar-refractivity contribution is 0.0858. The van der Waals surface area contributed by atoms with Gasteiger partial charge in [0, 0.05) is 23.1 Å². The van der Waals surface area contributed by atoms with Gasteiger partial charge >= 0.3 is 0 Å². The number of halogens is 1. The van der Waals surface area contributed by atoms with Crippen molar-refractivity contribution >= 4 is 17.4 Å². The van der Waals surface area contributed by atoms with Crippen LogP contribution in [-0.4, -0.2) is 56.3 Å². The lowest BCUT2D eigenvalue weighted by Crippen LogP contribution is -2.19. The van der Waals surface area contributed by atoms with Crippen LogP contribution < -0.4 is 0 Å². The Balaban J connectivity index is -0.0000000349. The first-order chi connectivity index (χ1) is 6.91. The zero-order valence-electron chi connectivity index (χ0n) is 13.0. The fourth-order valence-electron chi connectivity index (χ4n) is 1.03. The average Bonchev–Trinajstić information content (AvgIpc) is 2.20. The van der Waals surface area contributed by atoms with Crippen LogP contribution in [0.1, 0.15) is 31.1 Å². The molecule has 0 aliphatic heterocycles. The predicted molar refractivity (Wildman–Crippen MR) is 88.7 cm³/mol. The van der Waals surface area contributed by atoms with Crippen LogP contribution in [0.3, 0.4) is 0 Å². The molecule has 0 atom stereocenters. The summed E-state index contributed by atoms with van der Waals surface area (Å²) in [4.78, 5) is 11.7. The van der Waals surface area contributed by atoms with Gasteiger partial charge in [-0.3, -0.25) is 4.79 Å². The summed E-state index contributed by atoms with van der Waals surface area (Å²) in [5, 5.41) is 7.66. The molecule has 0 saturated carbocycles. The maximum Gasteiger partial charge on any atom is 0.168 e. The highest BCUT2D eigenvalue weighted by Gasteiger charge is 2.22. The number of benzene rings is 1. The minimum absolute atomic E-state index is 0. The third kappa shape index (κ3) is 16.9. The molecule has 0 saturated heterocycles. The summed E-state index contributed by atoms with van der Waals surface area (Å²) in [6, 6.07) is 6.99. The predicted octanol–water partition coefficient (Wildman–Crippen LogP) is -2.60. The van der Waals surface area contributed by atoms with Gasteiger partial charge in [0.2, 0.25) is 0 Å². The zero-order chi connectivity index (χ0) is 12.1. The van der Waals surface area contributed by atoms with Gasteiger partial charge in [-0.1, -0.05) is 32.4 Å². The number of Topliss-reactive ketones (excluding diaryl/α,β-unsaturated/α-hetero) is 1. The Morgan fingerprint density at radius 3 is 1.32 bits per heavy atom. The summed E-state index contributed by atoms with van der Waals surface area (Å²) >= 11 is 5.72. The van der Waals surface area contributed by atoms with Gasteiger partial charge in [0.1, 0.15) is 0 Å². The second-order valence-electron chi connectivity index (χ2n) is 4.09. The molecule has 0 aromatic heterocycles. The van der Waals surface area contributed by atoms with E-state index < -0.39 is 0 Å². The second kappa shape index (κ2) is 22.1. The Morgan fingerprint density at radius 2 is 1.09 bits per heavy atom. The Bertz CT molecular complexity index is 322. The molecule has 0 aliphatic rings. The van der Waals surface area contributed by atoms with Gasteiger partial charge in [0.15, 0.2) is 5.78 Å². The van der Waals surface area contributed by atoms with E-state index in [-0.39, 0.29) is 49.5 Å². The number of rotatable bonds is 1. The van der Waals surface area contributed by atoms with E-state index in [4.69, 9.17) is 16.7 Å². The van der Waals surface area contributed by atoms with Crippen molar-refractivity contribution in [3.8, 4) is 0 Å². The first kappa shape index (κ1) is 49.7. The molecule has 1 aromatic carbocycles. The molecular weight excluding hydrogens is 324 g/mol. The van der Waals surface area contributed by atoms with Crippen molar-refractivity contribution in [2.75, 3.05) is 7.11 Å². The molecule has 0 spiro atoms. The molecule has 15 N–H and O–H groups in total. The molecule has 0 fully saturated rings. The van der Waals surface area contributed by atoms with Crippen LogP contribution in [0.15, 0.2) is 24.3 Å². The molecule has 9 nitrogen and oxygen atoms in total. The van der Waals surface area contributed by atoms with Gasteiger partial charge < -0.3 is 43.4 Å². The van der Waals surface area contributed by atoms with Gasteiger partial charge in [-0.25, -0.2) is 0 Å². The maximum absolute atomic E-state index is 11.7. The number of carbonyl (C=O) groups is 1. The van der Waals surface area contributed by atoms with Crippen LogP contribution in [0.25, 0.3) is 0 Å². The van der Waals surface area contributed by atoms with Crippen molar-refractivity contribution in [3.05, 3.63) is 34.9 Å². The van der Waals surface area contributed by atoms with E-state index in [1.165, 1.54) is 0 Å². The Hall–Kier alpha value is -1.14. The molecule has 22 heavy (non-hydrogen) atoms. The maximum atomic E-state index is 11.7. The molecule has 0 aliphatic carbocycles. The van der Waals surface area contributed by atoms with Crippen molar-refractivity contribution in [2.24, 2.45) is 5.41 Å². The monoisotopic (exact) mass is 354 g/mol. The SMILES string of the molecule is CC(C)(C)C(=O)c1ccc(Cl)cc1.CO.O.O.O.O.O.O.O. The molecule has 1 aromatic rings. The van der Waals surface area contributed by atoms with Gasteiger partial charge in [-0.15, -0.1) is 0 Å². The minimum Gasteiger partial charge on any atom is -0.412 e. The van der Waals surface area contributed by atoms with E-state index >= 15 is 0 Å². The number of hydrogen-bond acceptors (Lipinski definition) is 2. The lowest BCUT2D eigenvalue weighted by Gasteiger charge is -2.16. The van der Waals surface area contributed by atoms with Gasteiger partial charge in [0.25, 0.3) is 0 Å². The first-order valence-corrected chi connectivity index (χ1v) is 5.04. The largest absolute Gasteiger partial charge is 0.412 e. The molecule has 0 radical (unpaired) electrons. The van der Waals surface area contributed by atoms with Crippen molar-refractivity contribution in [2.45, 2.75) is 20.8 Å². The molecule has 0 heterocycles. The molecule has 0 bridgehead atoms. The molecular formula is C12H31ClO9. The van der Waals surface area contributed by atoms with Gasteiger partial charge in [-0.05, 0) is 24.3 Å². The molecule has 0 unspecified atom stereocenters. The van der Waals surface area contributed by atoms with E-state index in [0.29, 0.717) is 5.02 Å². The van der Waals surface area contributed by atoms with Gasteiger partial charge in [-0.2, -0.15) is 0 Å². The minimum atomic E-state index is -0.326. The standard InChI is InChI=1S/C11H13ClO.CH4O.7H2O/c1-11(2,3)10(13)8-4-6-9(12)7-5-8;1-2;;;;;;;/h4-7H,1-3H3;2H,1H3;7*1H2. The van der Waals surface area contributed by atoms with Crippen LogP contribution >= 0.6 is 11.6 Å². The average molecular weight is 355 g/mol. The number of ketones is 1. The van der Waals surface area contributed by atoms with Crippen molar-refractivity contribution in [1.82, 2.24) is 0 Å². The second-order valence-corrected chi connectivity index (χ2v) is 4.52. The fourth-order valence-corrected chi connectivity index (χ4v) is 1.16. The van der Waals surface area contributed by atoms with Crippen molar-refractivity contribution < 1.29 is 48.2 Å². The third-order valence-corrected chi connectivity index (χ3v) is 2.04. The Labute approximate surface area is 134 Å². The van der Waals surface area contributed by atoms with E-state index in [1.807, 2.05) is 20.8 Å². The van der Waals surface area contributed by atoms with E-state index in [9.17, 15) is 4.79 Å². The van der Waals surface area contributed by atoms with E-state index in [0.717, 1.165) is 12.7 Å². The lowest BCUT2D eigenvalue weighted by atomic mass is 9.87. The van der Waals surface area contributed by atoms with Crippen LogP contribution in [0.2, 0.25) is 5.02 Å². The van der Waals surface area contributed by atoms with Crippen LogP contribution in [0.4, 0.5) is 0 Å². The number of aliphatic hydroxyl groups is 1. The highest BCUT2D eigenvalue weighted by atomic mass is 35.5. The normalized spacial score (nSPS) is 7.00. The van der Waals surface area contributed by atoms with Crippen LogP contribution in [-0.2, 0) is 0 Å². The quantitative estimate of drug-likeness (QED) is 0.531. The van der Waals surface area contributed by atoms with Gasteiger partial charge in [0.05, 0.1) is 0 Å². The molecule has 1 rings (SSSR count). The Morgan fingerprint density at radius 1 is 0.818 bits per heavy atom. The highest BCUT2D eigenvalue weighted by Crippen LogP contribution is 2.21. The number of hydrogen-bond donors (Lipinski definition) is 1. The zero-order valence-corrected chi connectivity index (χ0v) is 13.8. The summed E-state index contributed by atoms with van der Waals surface area (Å²) in [6.07, 6.45) is 0. The fraction of sp³-hybridized carbons (Fsp3) is 0.417. The summed E-state index contributed by atoms with van der Waals surface area (Å²) < 4.78 is 0. The van der Waals surface area contributed by atoms with E-state index in [2.05, 4.69) is 0 Å². The topological polar surface area (TPSA) is 258 Å². The Kier molecular flexibility index (Phi) is 50.1. The van der Waals surface area contributed by atoms with Crippen LogP contribution in [0, 0.1) is 5.41 Å².